The summed E-state index contributed by atoms with van der Waals surface area (Å²) in [5, 5.41) is -0.258. The molecule has 5 nitrogen and oxygen atoms in total. The molecule has 1 saturated carbocycles. The van der Waals surface area contributed by atoms with Crippen molar-refractivity contribution in [3.8, 4) is 0 Å². The second-order valence-electron chi connectivity index (χ2n) is 3.27. The van der Waals surface area contributed by atoms with Gasteiger partial charge < -0.3 is 0 Å². The van der Waals surface area contributed by atoms with E-state index in [0.29, 0.717) is 0 Å². The average Bonchev–Trinajstić information content (AvgIpc) is 2.00. The summed E-state index contributed by atoms with van der Waals surface area (Å²) >= 11 is 0. The molecule has 0 aliphatic heterocycles. The van der Waals surface area contributed by atoms with Crippen LogP contribution in [0.15, 0.2) is 18.5 Å². The predicted octanol–water partition coefficient (Wildman–Crippen LogP) is 0.771. The van der Waals surface area contributed by atoms with E-state index in [0.717, 1.165) is 19.3 Å². The number of aromatic nitrogens is 2. The van der Waals surface area contributed by atoms with E-state index < -0.39 is 10.0 Å². The second-order valence-corrected chi connectivity index (χ2v) is 5.23. The van der Waals surface area contributed by atoms with Gasteiger partial charge in [-0.1, -0.05) is 6.42 Å². The van der Waals surface area contributed by atoms with Gasteiger partial charge in [-0.2, -0.15) is 0 Å². The van der Waals surface area contributed by atoms with Crippen molar-refractivity contribution in [3.05, 3.63) is 18.5 Å². The molecular formula is C8H11N3O2S. The first-order valence-electron chi connectivity index (χ1n) is 4.47. The molecular weight excluding hydrogens is 202 g/mol. The minimum absolute atomic E-state index is 0.152. The highest BCUT2D eigenvalue weighted by molar-refractivity contribution is 7.93. The number of hydrogen-bond donors (Lipinski definition) is 1. The zero-order valence-corrected chi connectivity index (χ0v) is 8.37. The molecule has 1 aliphatic rings. The highest BCUT2D eigenvalue weighted by Crippen LogP contribution is 2.26. The topological polar surface area (TPSA) is 72.0 Å². The van der Waals surface area contributed by atoms with Crippen molar-refractivity contribution < 1.29 is 8.42 Å². The van der Waals surface area contributed by atoms with Gasteiger partial charge in [-0.3, -0.25) is 4.72 Å². The van der Waals surface area contributed by atoms with Crippen LogP contribution in [0.3, 0.4) is 0 Å². The first-order valence-corrected chi connectivity index (χ1v) is 6.02. The Morgan fingerprint density at radius 2 is 1.93 bits per heavy atom. The maximum Gasteiger partial charge on any atom is 0.237 e. The summed E-state index contributed by atoms with van der Waals surface area (Å²) in [6, 6.07) is 1.64. The van der Waals surface area contributed by atoms with E-state index in [4.69, 9.17) is 0 Å². The Hall–Kier alpha value is -1.17. The molecule has 0 saturated heterocycles. The Kier molecular flexibility index (Phi) is 2.37. The van der Waals surface area contributed by atoms with Crippen LogP contribution >= 0.6 is 0 Å². The van der Waals surface area contributed by atoms with Crippen molar-refractivity contribution in [2.75, 3.05) is 4.72 Å². The lowest BCUT2D eigenvalue weighted by molar-refractivity contribution is 0.479. The van der Waals surface area contributed by atoms with Crippen LogP contribution in [0.2, 0.25) is 0 Å². The van der Waals surface area contributed by atoms with E-state index in [1.54, 1.807) is 6.07 Å². The average molecular weight is 213 g/mol. The molecule has 0 radical (unpaired) electrons. The van der Waals surface area contributed by atoms with Gasteiger partial charge in [0.25, 0.3) is 0 Å². The monoisotopic (exact) mass is 213 g/mol. The Bertz CT molecular complexity index is 400. The van der Waals surface area contributed by atoms with Crippen LogP contribution in [0.4, 0.5) is 5.95 Å². The summed E-state index contributed by atoms with van der Waals surface area (Å²) in [6.07, 6.45) is 5.48. The molecule has 0 bridgehead atoms. The molecule has 1 aromatic rings. The molecule has 1 aliphatic carbocycles. The fourth-order valence-corrected chi connectivity index (χ4v) is 2.72. The highest BCUT2D eigenvalue weighted by Gasteiger charge is 2.31. The normalized spacial score (nSPS) is 17.4. The van der Waals surface area contributed by atoms with Crippen molar-refractivity contribution in [2.24, 2.45) is 0 Å². The lowest BCUT2D eigenvalue weighted by Gasteiger charge is -2.24. The van der Waals surface area contributed by atoms with Crippen molar-refractivity contribution in [2.45, 2.75) is 24.5 Å². The van der Waals surface area contributed by atoms with Gasteiger partial charge in [0.2, 0.25) is 16.0 Å². The highest BCUT2D eigenvalue weighted by atomic mass is 32.2. The van der Waals surface area contributed by atoms with Crippen molar-refractivity contribution in [1.29, 1.82) is 0 Å². The number of rotatable bonds is 3. The molecule has 1 aromatic heterocycles. The quantitative estimate of drug-likeness (QED) is 0.805. The fourth-order valence-electron chi connectivity index (χ4n) is 1.24. The van der Waals surface area contributed by atoms with Gasteiger partial charge in [0.1, 0.15) is 0 Å². The molecule has 6 heteroatoms. The van der Waals surface area contributed by atoms with Gasteiger partial charge in [-0.05, 0) is 18.9 Å². The number of anilines is 1. The Labute approximate surface area is 82.6 Å². The molecule has 1 fully saturated rings. The molecule has 1 N–H and O–H groups in total. The molecule has 14 heavy (non-hydrogen) atoms. The van der Waals surface area contributed by atoms with Crippen LogP contribution in [0.1, 0.15) is 19.3 Å². The number of hydrogen-bond acceptors (Lipinski definition) is 4. The molecule has 0 unspecified atom stereocenters. The van der Waals surface area contributed by atoms with Gasteiger partial charge >= 0.3 is 0 Å². The smallest absolute Gasteiger partial charge is 0.237 e. The molecule has 0 amide bonds. The summed E-state index contributed by atoms with van der Waals surface area (Å²) < 4.78 is 25.6. The van der Waals surface area contributed by atoms with Gasteiger partial charge in [-0.15, -0.1) is 0 Å². The molecule has 2 rings (SSSR count). The first kappa shape index (κ1) is 9.39. The summed E-state index contributed by atoms with van der Waals surface area (Å²) in [4.78, 5) is 7.61. The van der Waals surface area contributed by atoms with E-state index in [-0.39, 0.29) is 11.2 Å². The summed E-state index contributed by atoms with van der Waals surface area (Å²) in [7, 11) is -3.25. The first-order chi connectivity index (χ1) is 6.68. The van der Waals surface area contributed by atoms with E-state index >= 15 is 0 Å². The van der Waals surface area contributed by atoms with Crippen LogP contribution in [-0.4, -0.2) is 23.6 Å². The van der Waals surface area contributed by atoms with Crippen molar-refractivity contribution in [1.82, 2.24) is 9.97 Å². The van der Waals surface area contributed by atoms with Crippen LogP contribution in [0.5, 0.6) is 0 Å². The second kappa shape index (κ2) is 3.53. The SMILES string of the molecule is O=S(=O)(Nc1ncccn1)C1CCC1. The zero-order chi connectivity index (χ0) is 10.0. The number of nitrogens with one attached hydrogen (secondary N) is 1. The predicted molar refractivity (Wildman–Crippen MR) is 52.2 cm³/mol. The van der Waals surface area contributed by atoms with E-state index in [1.165, 1.54) is 12.4 Å². The van der Waals surface area contributed by atoms with E-state index in [9.17, 15) is 8.42 Å². The minimum atomic E-state index is -3.25. The van der Waals surface area contributed by atoms with Gasteiger partial charge in [-0.25, -0.2) is 18.4 Å². The third-order valence-electron chi connectivity index (χ3n) is 2.29. The summed E-state index contributed by atoms with van der Waals surface area (Å²) in [5.41, 5.74) is 0. The Morgan fingerprint density at radius 3 is 2.43 bits per heavy atom. The third-order valence-corrected chi connectivity index (χ3v) is 4.11. The van der Waals surface area contributed by atoms with Crippen LogP contribution in [0, 0.1) is 0 Å². The summed E-state index contributed by atoms with van der Waals surface area (Å²) in [5.74, 6) is 0.152. The Balaban J connectivity index is 2.10. The van der Waals surface area contributed by atoms with E-state index in [1.807, 2.05) is 0 Å². The van der Waals surface area contributed by atoms with Crippen LogP contribution < -0.4 is 4.72 Å². The summed E-state index contributed by atoms with van der Waals surface area (Å²) in [6.45, 7) is 0. The van der Waals surface area contributed by atoms with Crippen LogP contribution in [-0.2, 0) is 10.0 Å². The molecule has 0 atom stereocenters. The maximum atomic E-state index is 11.6. The molecule has 0 spiro atoms. The van der Waals surface area contributed by atoms with Gasteiger partial charge in [0.05, 0.1) is 5.25 Å². The van der Waals surface area contributed by atoms with Crippen molar-refractivity contribution in [3.63, 3.8) is 0 Å². The van der Waals surface area contributed by atoms with E-state index in [2.05, 4.69) is 14.7 Å². The number of sulfonamides is 1. The molecule has 1 heterocycles. The lowest BCUT2D eigenvalue weighted by Crippen LogP contribution is -2.33. The largest absolute Gasteiger partial charge is 0.251 e. The van der Waals surface area contributed by atoms with Gasteiger partial charge in [0, 0.05) is 12.4 Å². The van der Waals surface area contributed by atoms with Gasteiger partial charge in [0.15, 0.2) is 0 Å². The standard InChI is InChI=1S/C8H11N3O2S/c12-14(13,7-3-1-4-7)11-8-9-5-2-6-10-8/h2,5-7H,1,3-4H2,(H,9,10,11). The van der Waals surface area contributed by atoms with Crippen LogP contribution in [0.25, 0.3) is 0 Å². The fraction of sp³-hybridized carbons (Fsp3) is 0.500. The lowest BCUT2D eigenvalue weighted by atomic mass is 10.0. The zero-order valence-electron chi connectivity index (χ0n) is 7.55. The minimum Gasteiger partial charge on any atom is -0.251 e. The third kappa shape index (κ3) is 1.84. The molecule has 0 aromatic carbocycles. The maximum absolute atomic E-state index is 11.6. The van der Waals surface area contributed by atoms with Crippen molar-refractivity contribution >= 4 is 16.0 Å². The molecule has 76 valence electrons. The Morgan fingerprint density at radius 1 is 1.29 bits per heavy atom. The number of nitrogens with zero attached hydrogens (tertiary/aromatic N) is 2.